The minimum absolute atomic E-state index is 0.0464. The number of Topliss-reactive ketones (excluding diaryl/α,β-unsaturated/α-hetero) is 1. The number of hydrogen-bond donors (Lipinski definition) is 1. The van der Waals surface area contributed by atoms with E-state index in [1.165, 1.54) is 5.57 Å². The van der Waals surface area contributed by atoms with E-state index in [1.54, 1.807) is 6.92 Å². The zero-order valence-electron chi connectivity index (χ0n) is 16.1. The van der Waals surface area contributed by atoms with Crippen molar-refractivity contribution in [3.63, 3.8) is 0 Å². The molecule has 0 aromatic rings. The van der Waals surface area contributed by atoms with Gasteiger partial charge >= 0.3 is 0 Å². The molecule has 0 amide bonds. The van der Waals surface area contributed by atoms with Gasteiger partial charge in [0.25, 0.3) is 0 Å². The van der Waals surface area contributed by atoms with Crippen LogP contribution >= 0.6 is 0 Å². The summed E-state index contributed by atoms with van der Waals surface area (Å²) in [5.41, 5.74) is 0.107. The highest BCUT2D eigenvalue weighted by Crippen LogP contribution is 2.68. The molecule has 4 aliphatic carbocycles. The number of ketones is 2. The van der Waals surface area contributed by atoms with Crippen LogP contribution in [0.4, 0.5) is 0 Å². The van der Waals surface area contributed by atoms with Crippen molar-refractivity contribution in [1.82, 2.24) is 0 Å². The maximum absolute atomic E-state index is 12.3. The molecule has 0 unspecified atom stereocenters. The second-order valence-corrected chi connectivity index (χ2v) is 9.91. The van der Waals surface area contributed by atoms with E-state index >= 15 is 0 Å². The van der Waals surface area contributed by atoms with Crippen molar-refractivity contribution in [1.29, 1.82) is 0 Å². The molecule has 4 aliphatic rings. The number of hydrogen-bond acceptors (Lipinski definition) is 3. The first-order valence-electron chi connectivity index (χ1n) is 10.1. The monoisotopic (exact) mass is 344 g/mol. The fourth-order valence-corrected chi connectivity index (χ4v) is 7.58. The molecule has 0 aliphatic heterocycles. The lowest BCUT2D eigenvalue weighted by atomic mass is 9.45. The Kier molecular flexibility index (Phi) is 3.69. The first kappa shape index (κ1) is 17.5. The van der Waals surface area contributed by atoms with Crippen molar-refractivity contribution in [2.24, 2.45) is 34.5 Å². The third-order valence-electron chi connectivity index (χ3n) is 9.01. The molecule has 1 N–H and O–H groups in total. The van der Waals surface area contributed by atoms with Crippen LogP contribution in [0.3, 0.4) is 0 Å². The molecule has 0 bridgehead atoms. The molecule has 0 saturated heterocycles. The SMILES string of the molecule is CC(=O)[C@@]1(O)CC[C@@H]2[C@@H]3C[C@H](C)C4=CC(=O)CC[C@]4(C)[C@H]3CC[C@@]21C. The number of allylic oxidation sites excluding steroid dienone is 1. The van der Waals surface area contributed by atoms with E-state index in [-0.39, 0.29) is 16.6 Å². The first-order chi connectivity index (χ1) is 11.6. The van der Waals surface area contributed by atoms with Crippen molar-refractivity contribution >= 4 is 11.6 Å². The summed E-state index contributed by atoms with van der Waals surface area (Å²) in [6, 6.07) is 0. The first-order valence-corrected chi connectivity index (χ1v) is 10.1. The van der Waals surface area contributed by atoms with Gasteiger partial charge in [0.05, 0.1) is 0 Å². The number of rotatable bonds is 1. The highest BCUT2D eigenvalue weighted by Gasteiger charge is 2.66. The van der Waals surface area contributed by atoms with Crippen molar-refractivity contribution in [3.8, 4) is 0 Å². The van der Waals surface area contributed by atoms with Gasteiger partial charge in [-0.3, -0.25) is 9.59 Å². The predicted octanol–water partition coefficient (Wildman–Crippen LogP) is 4.08. The summed E-state index contributed by atoms with van der Waals surface area (Å²) in [5, 5.41) is 11.2. The minimum atomic E-state index is -1.13. The molecule has 0 radical (unpaired) electrons. The lowest BCUT2D eigenvalue weighted by Gasteiger charge is -2.60. The van der Waals surface area contributed by atoms with Crippen LogP contribution in [0.15, 0.2) is 11.6 Å². The maximum atomic E-state index is 12.3. The van der Waals surface area contributed by atoms with Crippen molar-refractivity contribution in [2.75, 3.05) is 0 Å². The molecular weight excluding hydrogens is 312 g/mol. The normalized spacial score (nSPS) is 52.0. The largest absolute Gasteiger partial charge is 0.382 e. The number of carbonyl (C=O) groups is 2. The van der Waals surface area contributed by atoms with Gasteiger partial charge in [-0.05, 0) is 80.6 Å². The molecule has 3 nitrogen and oxygen atoms in total. The van der Waals surface area contributed by atoms with Crippen molar-refractivity contribution < 1.29 is 14.7 Å². The minimum Gasteiger partial charge on any atom is -0.382 e. The molecule has 7 atom stereocenters. The third kappa shape index (κ3) is 2.08. The van der Waals surface area contributed by atoms with E-state index in [4.69, 9.17) is 0 Å². The van der Waals surface area contributed by atoms with Crippen LogP contribution in [0.2, 0.25) is 0 Å². The van der Waals surface area contributed by atoms with Crippen molar-refractivity contribution in [3.05, 3.63) is 11.6 Å². The maximum Gasteiger partial charge on any atom is 0.161 e. The Balaban J connectivity index is 1.73. The molecule has 3 saturated carbocycles. The molecule has 0 spiro atoms. The van der Waals surface area contributed by atoms with Gasteiger partial charge < -0.3 is 5.11 Å². The van der Waals surface area contributed by atoms with Crippen LogP contribution < -0.4 is 0 Å². The number of fused-ring (bicyclic) bond motifs is 5. The lowest BCUT2D eigenvalue weighted by Crippen LogP contribution is -2.57. The van der Waals surface area contributed by atoms with Gasteiger partial charge in [0.15, 0.2) is 11.6 Å². The molecule has 0 aromatic carbocycles. The Labute approximate surface area is 151 Å². The number of carbonyl (C=O) groups excluding carboxylic acids is 2. The second-order valence-electron chi connectivity index (χ2n) is 9.91. The summed E-state index contributed by atoms with van der Waals surface area (Å²) in [4.78, 5) is 24.3. The standard InChI is InChI=1S/C22H32O3/c1-13-11-16-17(20(3)8-5-15(24)12-19(13)20)6-9-21(4)18(16)7-10-22(21,25)14(2)23/h12-13,16-18,25H,5-11H2,1-4H3/t13-,16+,17-,18+,20+,21-,22-/m0/s1. The highest BCUT2D eigenvalue weighted by molar-refractivity contribution is 5.91. The van der Waals surface area contributed by atoms with E-state index in [1.807, 2.05) is 6.08 Å². The molecule has 3 heteroatoms. The van der Waals surface area contributed by atoms with E-state index < -0.39 is 5.60 Å². The van der Waals surface area contributed by atoms with Crippen LogP contribution in [0, 0.1) is 34.5 Å². The zero-order valence-corrected chi connectivity index (χ0v) is 16.1. The fraction of sp³-hybridized carbons (Fsp3) is 0.818. The van der Waals surface area contributed by atoms with E-state index in [9.17, 15) is 14.7 Å². The van der Waals surface area contributed by atoms with Crippen LogP contribution in [-0.2, 0) is 9.59 Å². The van der Waals surface area contributed by atoms with Crippen LogP contribution in [-0.4, -0.2) is 22.3 Å². The average Bonchev–Trinajstić information content (AvgIpc) is 2.83. The smallest absolute Gasteiger partial charge is 0.161 e. The van der Waals surface area contributed by atoms with Gasteiger partial charge in [-0.25, -0.2) is 0 Å². The summed E-state index contributed by atoms with van der Waals surface area (Å²) in [7, 11) is 0. The quantitative estimate of drug-likeness (QED) is 0.779. The van der Waals surface area contributed by atoms with Crippen LogP contribution in [0.1, 0.15) is 72.6 Å². The summed E-state index contributed by atoms with van der Waals surface area (Å²) in [6.45, 7) is 8.40. The summed E-state index contributed by atoms with van der Waals surface area (Å²) in [5.74, 6) is 2.27. The van der Waals surface area contributed by atoms with Gasteiger partial charge in [0.1, 0.15) is 5.60 Å². The molecule has 0 aromatic heterocycles. The number of aliphatic hydroxyl groups is 1. The van der Waals surface area contributed by atoms with Gasteiger partial charge in [0.2, 0.25) is 0 Å². The van der Waals surface area contributed by atoms with Gasteiger partial charge in [-0.2, -0.15) is 0 Å². The third-order valence-corrected chi connectivity index (χ3v) is 9.01. The molecule has 25 heavy (non-hydrogen) atoms. The summed E-state index contributed by atoms with van der Waals surface area (Å²) < 4.78 is 0. The van der Waals surface area contributed by atoms with Crippen molar-refractivity contribution in [2.45, 2.75) is 78.2 Å². The van der Waals surface area contributed by atoms with Gasteiger partial charge in [0, 0.05) is 11.8 Å². The molecular formula is C22H32O3. The second kappa shape index (κ2) is 5.28. The van der Waals surface area contributed by atoms with E-state index in [0.717, 1.165) is 32.1 Å². The zero-order chi connectivity index (χ0) is 18.2. The summed E-state index contributed by atoms with van der Waals surface area (Å²) >= 11 is 0. The Morgan fingerprint density at radius 2 is 1.84 bits per heavy atom. The molecule has 4 rings (SSSR count). The molecule has 0 heterocycles. The topological polar surface area (TPSA) is 54.4 Å². The Hall–Kier alpha value is -0.960. The predicted molar refractivity (Wildman–Crippen MR) is 96.9 cm³/mol. The average molecular weight is 344 g/mol. The Bertz CT molecular complexity index is 664. The highest BCUT2D eigenvalue weighted by atomic mass is 16.3. The molecule has 138 valence electrons. The lowest BCUT2D eigenvalue weighted by molar-refractivity contribution is -0.161. The van der Waals surface area contributed by atoms with E-state index in [0.29, 0.717) is 42.3 Å². The summed E-state index contributed by atoms with van der Waals surface area (Å²) in [6.07, 6.45) is 8.31. The van der Waals surface area contributed by atoms with Crippen LogP contribution in [0.5, 0.6) is 0 Å². The van der Waals surface area contributed by atoms with Gasteiger partial charge in [-0.15, -0.1) is 0 Å². The van der Waals surface area contributed by atoms with E-state index in [2.05, 4.69) is 20.8 Å². The fourth-order valence-electron chi connectivity index (χ4n) is 7.58. The Morgan fingerprint density at radius 1 is 1.16 bits per heavy atom. The van der Waals surface area contributed by atoms with Crippen LogP contribution in [0.25, 0.3) is 0 Å². The molecule has 3 fully saturated rings. The Morgan fingerprint density at radius 3 is 2.52 bits per heavy atom. The van der Waals surface area contributed by atoms with Gasteiger partial charge in [-0.1, -0.05) is 26.3 Å².